The van der Waals surface area contributed by atoms with Gasteiger partial charge in [0.25, 0.3) is 0 Å². The van der Waals surface area contributed by atoms with Gasteiger partial charge in [0.1, 0.15) is 6.54 Å². The van der Waals surface area contributed by atoms with Crippen molar-refractivity contribution < 1.29 is 28.7 Å². The van der Waals surface area contributed by atoms with E-state index in [9.17, 15) is 9.59 Å². The largest absolute Gasteiger partial charge is 0.463 e. The van der Waals surface area contributed by atoms with Gasteiger partial charge in [0.05, 0.1) is 36.5 Å². The van der Waals surface area contributed by atoms with E-state index in [-0.39, 0.29) is 19.4 Å². The highest BCUT2D eigenvalue weighted by molar-refractivity contribution is 5.95. The molecule has 0 spiro atoms. The van der Waals surface area contributed by atoms with Crippen LogP contribution in [0.3, 0.4) is 0 Å². The van der Waals surface area contributed by atoms with Crippen molar-refractivity contribution in [3.8, 4) is 11.5 Å². The fraction of sp³-hybridized carbons (Fsp3) is 0.524. The van der Waals surface area contributed by atoms with Crippen LogP contribution in [0.15, 0.2) is 29.5 Å². The molecule has 3 aliphatic rings. The van der Waals surface area contributed by atoms with Crippen LogP contribution in [0.1, 0.15) is 44.7 Å². The molecule has 0 aliphatic carbocycles. The molecule has 3 heterocycles. The molecule has 8 heteroatoms. The molecule has 8 nitrogen and oxygen atoms in total. The number of amides is 2. The first-order chi connectivity index (χ1) is 14.1. The molecule has 1 aromatic rings. The smallest absolute Gasteiger partial charge is 0.338 e. The van der Waals surface area contributed by atoms with Crippen LogP contribution in [0.2, 0.25) is 0 Å². The van der Waals surface area contributed by atoms with Crippen LogP contribution in [-0.4, -0.2) is 44.5 Å². The summed E-state index contributed by atoms with van der Waals surface area (Å²) in [6, 6.07) is 5.01. The number of esters is 1. The molecule has 1 fully saturated rings. The van der Waals surface area contributed by atoms with Gasteiger partial charge in [0, 0.05) is 0 Å². The number of nitrogens with one attached hydrogen (secondary N) is 3. The van der Waals surface area contributed by atoms with E-state index >= 15 is 0 Å². The lowest BCUT2D eigenvalue weighted by Gasteiger charge is -2.34. The SMILES string of the molecule is CCOC(=O)C1=C(C[NH+]2CCCC[C@H]2C)NC(=O)N[C@@H]1c1ccc2c(c1)OCO2. The Balaban J connectivity index is 1.71. The first-order valence-electron chi connectivity index (χ1n) is 10.3. The van der Waals surface area contributed by atoms with E-state index in [0.717, 1.165) is 24.9 Å². The summed E-state index contributed by atoms with van der Waals surface area (Å²) in [6.45, 7) is 6.05. The van der Waals surface area contributed by atoms with Gasteiger partial charge in [-0.1, -0.05) is 6.07 Å². The molecule has 3 atom stereocenters. The zero-order valence-corrected chi connectivity index (χ0v) is 16.9. The Labute approximate surface area is 170 Å². The van der Waals surface area contributed by atoms with E-state index in [4.69, 9.17) is 14.2 Å². The number of quaternary nitrogens is 1. The van der Waals surface area contributed by atoms with Gasteiger partial charge in [0.2, 0.25) is 6.79 Å². The Hall–Kier alpha value is -2.74. The quantitative estimate of drug-likeness (QED) is 0.641. The van der Waals surface area contributed by atoms with E-state index in [1.165, 1.54) is 11.3 Å². The van der Waals surface area contributed by atoms with Crippen LogP contribution in [0.5, 0.6) is 11.5 Å². The molecule has 0 bridgehead atoms. The molecule has 2 amide bonds. The van der Waals surface area contributed by atoms with Crippen LogP contribution >= 0.6 is 0 Å². The van der Waals surface area contributed by atoms with E-state index in [0.29, 0.717) is 35.4 Å². The summed E-state index contributed by atoms with van der Waals surface area (Å²) in [5.74, 6) is 0.847. The summed E-state index contributed by atoms with van der Waals surface area (Å²) < 4.78 is 16.2. The van der Waals surface area contributed by atoms with E-state index in [1.54, 1.807) is 13.0 Å². The third kappa shape index (κ3) is 4.03. The highest BCUT2D eigenvalue weighted by atomic mass is 16.7. The second-order valence-electron chi connectivity index (χ2n) is 7.74. The first kappa shape index (κ1) is 19.6. The molecule has 1 aromatic carbocycles. The van der Waals surface area contributed by atoms with Crippen molar-refractivity contribution in [3.63, 3.8) is 0 Å². The predicted molar refractivity (Wildman–Crippen MR) is 105 cm³/mol. The zero-order chi connectivity index (χ0) is 20.4. The van der Waals surface area contributed by atoms with Crippen molar-refractivity contribution in [2.75, 3.05) is 26.5 Å². The van der Waals surface area contributed by atoms with Gasteiger partial charge < -0.3 is 29.7 Å². The molecule has 3 N–H and O–H groups in total. The van der Waals surface area contributed by atoms with Crippen LogP contribution in [0.25, 0.3) is 0 Å². The van der Waals surface area contributed by atoms with Gasteiger partial charge >= 0.3 is 12.0 Å². The number of rotatable bonds is 5. The Bertz CT molecular complexity index is 838. The molecule has 0 saturated carbocycles. The fourth-order valence-corrected chi connectivity index (χ4v) is 4.29. The maximum Gasteiger partial charge on any atom is 0.338 e. The minimum absolute atomic E-state index is 0.166. The maximum absolute atomic E-state index is 12.9. The molecule has 1 unspecified atom stereocenters. The van der Waals surface area contributed by atoms with Crippen molar-refractivity contribution in [1.29, 1.82) is 0 Å². The van der Waals surface area contributed by atoms with Crippen molar-refractivity contribution in [2.45, 2.75) is 45.2 Å². The summed E-state index contributed by atoms with van der Waals surface area (Å²) in [6.07, 6.45) is 3.52. The Kier molecular flexibility index (Phi) is 5.62. The molecule has 0 aromatic heterocycles. The molecular weight excluding hydrogens is 374 g/mol. The molecular formula is C21H28N3O5+. The summed E-state index contributed by atoms with van der Waals surface area (Å²) in [7, 11) is 0. The summed E-state index contributed by atoms with van der Waals surface area (Å²) in [5.41, 5.74) is 1.85. The van der Waals surface area contributed by atoms with Gasteiger partial charge in [-0.3, -0.25) is 0 Å². The number of urea groups is 1. The molecule has 3 aliphatic heterocycles. The Morgan fingerprint density at radius 2 is 2.10 bits per heavy atom. The average Bonchev–Trinajstić information content (AvgIpc) is 3.17. The molecule has 29 heavy (non-hydrogen) atoms. The third-order valence-electron chi connectivity index (χ3n) is 5.86. The van der Waals surface area contributed by atoms with E-state index < -0.39 is 12.0 Å². The summed E-state index contributed by atoms with van der Waals surface area (Å²) >= 11 is 0. The standard InChI is InChI=1S/C21H27N3O5/c1-3-27-20(25)18-15(11-24-9-5-4-6-13(24)2)22-21(26)23-19(18)14-7-8-16-17(10-14)29-12-28-16/h7-8,10,13,19H,3-6,9,11-12H2,1-2H3,(H2,22,23,26)/p+1/t13-,19-/m1/s1. The number of fused-ring (bicyclic) bond motifs is 1. The van der Waals surface area contributed by atoms with Crippen molar-refractivity contribution >= 4 is 12.0 Å². The third-order valence-corrected chi connectivity index (χ3v) is 5.86. The fourth-order valence-electron chi connectivity index (χ4n) is 4.29. The van der Waals surface area contributed by atoms with Crippen LogP contribution < -0.4 is 25.0 Å². The predicted octanol–water partition coefficient (Wildman–Crippen LogP) is 1.04. The van der Waals surface area contributed by atoms with Crippen molar-refractivity contribution in [3.05, 3.63) is 35.0 Å². The minimum atomic E-state index is -0.605. The van der Waals surface area contributed by atoms with Crippen LogP contribution in [0.4, 0.5) is 4.79 Å². The van der Waals surface area contributed by atoms with Gasteiger partial charge in [-0.25, -0.2) is 9.59 Å². The Morgan fingerprint density at radius 3 is 2.90 bits per heavy atom. The number of piperidine rings is 1. The minimum Gasteiger partial charge on any atom is -0.463 e. The molecule has 4 rings (SSSR count). The van der Waals surface area contributed by atoms with Gasteiger partial charge in [-0.15, -0.1) is 0 Å². The maximum atomic E-state index is 12.9. The second-order valence-corrected chi connectivity index (χ2v) is 7.74. The number of carbonyl (C=O) groups is 2. The number of carbonyl (C=O) groups excluding carboxylic acids is 2. The van der Waals surface area contributed by atoms with Crippen molar-refractivity contribution in [2.24, 2.45) is 0 Å². The Morgan fingerprint density at radius 1 is 1.28 bits per heavy atom. The number of likely N-dealkylation sites (tertiary alicyclic amines) is 1. The van der Waals surface area contributed by atoms with Gasteiger partial charge in [0.15, 0.2) is 11.5 Å². The molecule has 0 radical (unpaired) electrons. The second kappa shape index (κ2) is 8.32. The first-order valence-corrected chi connectivity index (χ1v) is 10.3. The lowest BCUT2D eigenvalue weighted by atomic mass is 9.94. The lowest BCUT2D eigenvalue weighted by Crippen LogP contribution is -3.16. The van der Waals surface area contributed by atoms with E-state index in [1.807, 2.05) is 12.1 Å². The highest BCUT2D eigenvalue weighted by Gasteiger charge is 2.37. The summed E-state index contributed by atoms with van der Waals surface area (Å²) in [5, 5.41) is 5.75. The molecule has 156 valence electrons. The number of benzene rings is 1. The topological polar surface area (TPSA) is 90.3 Å². The number of ether oxygens (including phenoxy) is 3. The number of hydrogen-bond acceptors (Lipinski definition) is 5. The molecule has 1 saturated heterocycles. The van der Waals surface area contributed by atoms with Crippen molar-refractivity contribution in [1.82, 2.24) is 10.6 Å². The van der Waals surface area contributed by atoms with Crippen LogP contribution in [-0.2, 0) is 9.53 Å². The lowest BCUT2D eigenvalue weighted by molar-refractivity contribution is -0.924. The normalized spacial score (nSPS) is 26.0. The van der Waals surface area contributed by atoms with Gasteiger partial charge in [-0.05, 0) is 50.8 Å². The highest BCUT2D eigenvalue weighted by Crippen LogP contribution is 2.37. The summed E-state index contributed by atoms with van der Waals surface area (Å²) in [4.78, 5) is 26.8. The average molecular weight is 402 g/mol. The zero-order valence-electron chi connectivity index (χ0n) is 16.9. The number of hydrogen-bond donors (Lipinski definition) is 3. The van der Waals surface area contributed by atoms with Gasteiger partial charge in [-0.2, -0.15) is 0 Å². The monoisotopic (exact) mass is 402 g/mol. The van der Waals surface area contributed by atoms with E-state index in [2.05, 4.69) is 17.6 Å². The van der Waals surface area contributed by atoms with Crippen LogP contribution in [0, 0.1) is 0 Å².